The van der Waals surface area contributed by atoms with E-state index in [0.29, 0.717) is 5.92 Å². The van der Waals surface area contributed by atoms with E-state index in [1.807, 2.05) is 61.5 Å². The number of amides is 2. The van der Waals surface area contributed by atoms with Crippen molar-refractivity contribution in [3.8, 4) is 5.75 Å². The third-order valence-corrected chi connectivity index (χ3v) is 6.31. The number of rotatable bonds is 13. The van der Waals surface area contributed by atoms with E-state index in [4.69, 9.17) is 19.9 Å². The SMILES string of the molecule is C[C@H](NC(=O)[C@](N)(CCCNC(=O)OCc1ccccc1)C(=O)OC(C)(C)C)c1ccc(OCC2CC2)cc1. The van der Waals surface area contributed by atoms with Gasteiger partial charge in [-0.15, -0.1) is 0 Å². The summed E-state index contributed by atoms with van der Waals surface area (Å²) in [6.07, 6.45) is 2.06. The number of benzene rings is 2. The van der Waals surface area contributed by atoms with Crippen LogP contribution >= 0.6 is 0 Å². The molecule has 4 N–H and O–H groups in total. The molecule has 2 aromatic carbocycles. The molecule has 0 spiro atoms. The highest BCUT2D eigenvalue weighted by molar-refractivity contribution is 6.07. The first-order chi connectivity index (χ1) is 18.5. The van der Waals surface area contributed by atoms with E-state index < -0.39 is 35.2 Å². The number of esters is 1. The molecule has 1 saturated carbocycles. The van der Waals surface area contributed by atoms with Gasteiger partial charge in [0.25, 0.3) is 5.91 Å². The Labute approximate surface area is 230 Å². The third kappa shape index (κ3) is 9.90. The summed E-state index contributed by atoms with van der Waals surface area (Å²) in [6.45, 7) is 7.98. The Kier molecular flexibility index (Phi) is 10.3. The molecule has 39 heavy (non-hydrogen) atoms. The average molecular weight is 540 g/mol. The minimum atomic E-state index is -1.94. The maximum absolute atomic E-state index is 13.3. The first kappa shape index (κ1) is 30.0. The van der Waals surface area contributed by atoms with Crippen molar-refractivity contribution in [2.45, 2.75) is 77.2 Å². The third-order valence-electron chi connectivity index (χ3n) is 6.31. The van der Waals surface area contributed by atoms with Gasteiger partial charge >= 0.3 is 12.1 Å². The van der Waals surface area contributed by atoms with Crippen LogP contribution in [0.25, 0.3) is 0 Å². The van der Waals surface area contributed by atoms with Gasteiger partial charge in [-0.25, -0.2) is 9.59 Å². The quantitative estimate of drug-likeness (QED) is 0.195. The topological polar surface area (TPSA) is 129 Å². The summed E-state index contributed by atoms with van der Waals surface area (Å²) in [4.78, 5) is 38.5. The predicted octanol–water partition coefficient (Wildman–Crippen LogP) is 4.40. The van der Waals surface area contributed by atoms with Gasteiger partial charge < -0.3 is 30.6 Å². The van der Waals surface area contributed by atoms with Gasteiger partial charge in [-0.2, -0.15) is 0 Å². The summed E-state index contributed by atoms with van der Waals surface area (Å²) in [6, 6.07) is 16.4. The van der Waals surface area contributed by atoms with Crippen molar-refractivity contribution in [2.24, 2.45) is 11.7 Å². The normalized spacial score (nSPS) is 15.4. The van der Waals surface area contributed by atoms with E-state index in [-0.39, 0.29) is 26.0 Å². The second-order valence-electron chi connectivity index (χ2n) is 11.1. The molecule has 9 heteroatoms. The van der Waals surface area contributed by atoms with E-state index in [1.165, 1.54) is 12.8 Å². The van der Waals surface area contributed by atoms with Gasteiger partial charge in [-0.05, 0) is 82.6 Å². The fourth-order valence-electron chi connectivity index (χ4n) is 3.77. The summed E-state index contributed by atoms with van der Waals surface area (Å²) in [5, 5.41) is 5.49. The number of hydrogen-bond acceptors (Lipinski definition) is 7. The van der Waals surface area contributed by atoms with Crippen molar-refractivity contribution in [1.29, 1.82) is 0 Å². The van der Waals surface area contributed by atoms with Crippen molar-refractivity contribution in [1.82, 2.24) is 10.6 Å². The summed E-state index contributed by atoms with van der Waals surface area (Å²) in [7, 11) is 0. The Bertz CT molecular complexity index is 1100. The first-order valence-electron chi connectivity index (χ1n) is 13.5. The molecule has 3 rings (SSSR count). The zero-order chi connectivity index (χ0) is 28.5. The average Bonchev–Trinajstić information content (AvgIpc) is 3.73. The van der Waals surface area contributed by atoms with E-state index in [9.17, 15) is 14.4 Å². The van der Waals surface area contributed by atoms with Crippen LogP contribution in [0.4, 0.5) is 4.79 Å². The van der Waals surface area contributed by atoms with Crippen molar-refractivity contribution >= 4 is 18.0 Å². The predicted molar refractivity (Wildman–Crippen MR) is 148 cm³/mol. The standard InChI is InChI=1S/C30H41N3O6/c1-21(24-13-15-25(16-14-24)37-19-23-11-12-23)33-26(34)30(31,27(35)39-29(2,3)4)17-8-18-32-28(36)38-20-22-9-6-5-7-10-22/h5-7,9-10,13-16,21,23H,8,11-12,17-20,31H2,1-4H3,(H,32,36)(H,33,34)/t21-,30+/m0/s1. The molecule has 1 fully saturated rings. The number of ether oxygens (including phenoxy) is 3. The van der Waals surface area contributed by atoms with Crippen LogP contribution in [-0.4, -0.2) is 42.3 Å². The maximum atomic E-state index is 13.3. The number of nitrogens with one attached hydrogen (secondary N) is 2. The molecule has 2 atom stereocenters. The van der Waals surface area contributed by atoms with Crippen LogP contribution in [-0.2, 0) is 25.7 Å². The van der Waals surface area contributed by atoms with Gasteiger partial charge in [0.2, 0.25) is 0 Å². The van der Waals surface area contributed by atoms with E-state index in [2.05, 4.69) is 10.6 Å². The molecule has 1 aliphatic rings. The molecule has 0 aromatic heterocycles. The summed E-state index contributed by atoms with van der Waals surface area (Å²) >= 11 is 0. The van der Waals surface area contributed by atoms with Crippen LogP contribution in [0.3, 0.4) is 0 Å². The van der Waals surface area contributed by atoms with Crippen LogP contribution in [0.5, 0.6) is 5.75 Å². The summed E-state index contributed by atoms with van der Waals surface area (Å²) < 4.78 is 16.5. The van der Waals surface area contributed by atoms with Gasteiger partial charge in [-0.1, -0.05) is 42.5 Å². The van der Waals surface area contributed by atoms with Crippen LogP contribution in [0.2, 0.25) is 0 Å². The van der Waals surface area contributed by atoms with Crippen molar-refractivity contribution < 1.29 is 28.6 Å². The highest BCUT2D eigenvalue weighted by Gasteiger charge is 2.45. The second kappa shape index (κ2) is 13.5. The van der Waals surface area contributed by atoms with Crippen LogP contribution in [0.15, 0.2) is 54.6 Å². The van der Waals surface area contributed by atoms with Gasteiger partial charge in [-0.3, -0.25) is 4.79 Å². The maximum Gasteiger partial charge on any atom is 0.407 e. The molecule has 0 saturated heterocycles. The van der Waals surface area contributed by atoms with E-state index in [0.717, 1.165) is 23.5 Å². The van der Waals surface area contributed by atoms with Gasteiger partial charge in [0.1, 0.15) is 18.0 Å². The van der Waals surface area contributed by atoms with Crippen molar-refractivity contribution in [2.75, 3.05) is 13.2 Å². The zero-order valence-electron chi connectivity index (χ0n) is 23.3. The van der Waals surface area contributed by atoms with Gasteiger partial charge in [0.05, 0.1) is 12.6 Å². The highest BCUT2D eigenvalue weighted by Crippen LogP contribution is 2.30. The lowest BCUT2D eigenvalue weighted by Crippen LogP contribution is -2.61. The highest BCUT2D eigenvalue weighted by atomic mass is 16.6. The summed E-state index contributed by atoms with van der Waals surface area (Å²) in [5.41, 5.74) is 5.36. The number of alkyl carbamates (subject to hydrolysis) is 1. The zero-order valence-corrected chi connectivity index (χ0v) is 23.3. The molecule has 1 aliphatic carbocycles. The molecular formula is C30H41N3O6. The van der Waals surface area contributed by atoms with Crippen LogP contribution in [0.1, 0.15) is 70.5 Å². The number of hydrogen-bond donors (Lipinski definition) is 3. The summed E-state index contributed by atoms with van der Waals surface area (Å²) in [5.74, 6) is -0.0374. The molecule has 0 heterocycles. The molecule has 0 unspecified atom stereocenters. The monoisotopic (exact) mass is 539 g/mol. The Morgan fingerprint density at radius 3 is 2.31 bits per heavy atom. The molecule has 2 amide bonds. The lowest BCUT2D eigenvalue weighted by molar-refractivity contribution is -0.165. The Balaban J connectivity index is 1.55. The molecule has 9 nitrogen and oxygen atoms in total. The molecule has 0 radical (unpaired) electrons. The minimum Gasteiger partial charge on any atom is -0.493 e. The second-order valence-corrected chi connectivity index (χ2v) is 11.1. The van der Waals surface area contributed by atoms with Gasteiger partial charge in [0.15, 0.2) is 5.54 Å². The fraction of sp³-hybridized carbons (Fsp3) is 0.500. The molecule has 2 aromatic rings. The lowest BCUT2D eigenvalue weighted by Gasteiger charge is -2.31. The van der Waals surface area contributed by atoms with Gasteiger partial charge in [0, 0.05) is 6.54 Å². The van der Waals surface area contributed by atoms with E-state index >= 15 is 0 Å². The smallest absolute Gasteiger partial charge is 0.407 e. The molecule has 212 valence electrons. The van der Waals surface area contributed by atoms with E-state index in [1.54, 1.807) is 20.8 Å². The van der Waals surface area contributed by atoms with Crippen LogP contribution < -0.4 is 21.1 Å². The number of carbonyl (C=O) groups is 3. The lowest BCUT2D eigenvalue weighted by atomic mass is 9.92. The van der Waals surface area contributed by atoms with Crippen molar-refractivity contribution in [3.63, 3.8) is 0 Å². The minimum absolute atomic E-state index is 0.0343. The fourth-order valence-corrected chi connectivity index (χ4v) is 3.77. The van der Waals surface area contributed by atoms with Crippen molar-refractivity contribution in [3.05, 3.63) is 65.7 Å². The Hall–Kier alpha value is -3.59. The Morgan fingerprint density at radius 1 is 1.03 bits per heavy atom. The molecule has 0 aliphatic heterocycles. The number of nitrogens with two attached hydrogens (primary N) is 1. The largest absolute Gasteiger partial charge is 0.493 e. The molecular weight excluding hydrogens is 498 g/mol. The molecule has 0 bridgehead atoms. The van der Waals surface area contributed by atoms with Crippen LogP contribution in [0, 0.1) is 5.92 Å². The Morgan fingerprint density at radius 2 is 1.69 bits per heavy atom. The first-order valence-corrected chi connectivity index (χ1v) is 13.5. The number of carbonyl (C=O) groups excluding carboxylic acids is 3.